The van der Waals surface area contributed by atoms with E-state index in [2.05, 4.69) is 16.4 Å². The highest BCUT2D eigenvalue weighted by Gasteiger charge is 2.24. The van der Waals surface area contributed by atoms with Crippen LogP contribution in [0.15, 0.2) is 41.8 Å². The number of carbonyl (C=O) groups excluding carboxylic acids is 1. The van der Waals surface area contributed by atoms with Crippen molar-refractivity contribution in [3.63, 3.8) is 0 Å². The number of nitriles is 1. The summed E-state index contributed by atoms with van der Waals surface area (Å²) in [6.07, 6.45) is 5.66. The maximum atomic E-state index is 12.8. The Kier molecular flexibility index (Phi) is 6.89. The fraction of sp³-hybridized carbons (Fsp3) is 0.348. The molecule has 0 spiro atoms. The Bertz CT molecular complexity index is 1160. The standard InChI is InChI=1S/C23H24ClN5O2S/c1-15-16(2)29(13-19-4-3-11-31-19)22(20(15)12-25)27-21(30)14-32-23-26-9-10-28(23)18-7-5-17(24)6-8-18/h5-10,19H,3-4,11,13-14H2,1-2H3,(H,27,30). The zero-order chi connectivity index (χ0) is 22.7. The van der Waals surface area contributed by atoms with Crippen LogP contribution >= 0.6 is 23.4 Å². The summed E-state index contributed by atoms with van der Waals surface area (Å²) >= 11 is 7.31. The number of imidazole rings is 1. The van der Waals surface area contributed by atoms with Gasteiger partial charge in [-0.25, -0.2) is 4.98 Å². The van der Waals surface area contributed by atoms with Gasteiger partial charge in [0.25, 0.3) is 0 Å². The van der Waals surface area contributed by atoms with Gasteiger partial charge in [0.2, 0.25) is 5.91 Å². The van der Waals surface area contributed by atoms with Crippen LogP contribution in [0.25, 0.3) is 5.69 Å². The predicted molar refractivity (Wildman–Crippen MR) is 126 cm³/mol. The van der Waals surface area contributed by atoms with Crippen molar-refractivity contribution in [3.8, 4) is 11.8 Å². The molecule has 7 nitrogen and oxygen atoms in total. The molecule has 4 rings (SSSR count). The minimum Gasteiger partial charge on any atom is -0.376 e. The first-order valence-electron chi connectivity index (χ1n) is 10.4. The quantitative estimate of drug-likeness (QED) is 0.506. The molecule has 32 heavy (non-hydrogen) atoms. The number of rotatable bonds is 7. The minimum absolute atomic E-state index is 0.101. The zero-order valence-electron chi connectivity index (χ0n) is 18.0. The lowest BCUT2D eigenvalue weighted by atomic mass is 10.2. The molecule has 1 aliphatic rings. The van der Waals surface area contributed by atoms with E-state index >= 15 is 0 Å². The van der Waals surface area contributed by atoms with Gasteiger partial charge in [0.05, 0.1) is 24.0 Å². The number of halogens is 1. The molecule has 1 aliphatic heterocycles. The predicted octanol–water partition coefficient (Wildman–Crippen LogP) is 4.73. The molecule has 0 bridgehead atoms. The number of hydrogen-bond acceptors (Lipinski definition) is 5. The van der Waals surface area contributed by atoms with Crippen LogP contribution in [0.1, 0.15) is 29.7 Å². The van der Waals surface area contributed by atoms with Crippen LogP contribution in [-0.2, 0) is 16.1 Å². The highest BCUT2D eigenvalue weighted by molar-refractivity contribution is 7.99. The van der Waals surface area contributed by atoms with Crippen molar-refractivity contribution < 1.29 is 9.53 Å². The van der Waals surface area contributed by atoms with Crippen molar-refractivity contribution in [2.24, 2.45) is 0 Å². The van der Waals surface area contributed by atoms with Crippen molar-refractivity contribution in [1.29, 1.82) is 5.26 Å². The Morgan fingerprint density at radius 3 is 2.84 bits per heavy atom. The first-order valence-corrected chi connectivity index (χ1v) is 11.8. The van der Waals surface area contributed by atoms with E-state index in [1.54, 1.807) is 6.20 Å². The van der Waals surface area contributed by atoms with Crippen LogP contribution in [0, 0.1) is 25.2 Å². The molecule has 3 aromatic rings. The van der Waals surface area contributed by atoms with Gasteiger partial charge in [0.1, 0.15) is 11.9 Å². The smallest absolute Gasteiger partial charge is 0.235 e. The molecule has 3 heterocycles. The number of benzene rings is 1. The molecule has 0 saturated carbocycles. The lowest BCUT2D eigenvalue weighted by molar-refractivity contribution is -0.113. The third-order valence-electron chi connectivity index (χ3n) is 5.65. The van der Waals surface area contributed by atoms with E-state index in [0.29, 0.717) is 28.1 Å². The molecule has 9 heteroatoms. The summed E-state index contributed by atoms with van der Waals surface area (Å²) in [5.41, 5.74) is 3.27. The van der Waals surface area contributed by atoms with E-state index in [-0.39, 0.29) is 17.8 Å². The molecule has 0 radical (unpaired) electrons. The summed E-state index contributed by atoms with van der Waals surface area (Å²) in [7, 11) is 0. The van der Waals surface area contributed by atoms with E-state index in [4.69, 9.17) is 16.3 Å². The first kappa shape index (κ1) is 22.5. The summed E-state index contributed by atoms with van der Waals surface area (Å²) in [6.45, 7) is 5.26. The van der Waals surface area contributed by atoms with Crippen LogP contribution in [0.2, 0.25) is 5.02 Å². The number of amides is 1. The molecule has 0 aliphatic carbocycles. The van der Waals surface area contributed by atoms with Crippen molar-refractivity contribution in [2.45, 2.75) is 44.5 Å². The summed E-state index contributed by atoms with van der Waals surface area (Å²) in [5, 5.41) is 14.0. The van der Waals surface area contributed by atoms with Gasteiger partial charge < -0.3 is 14.6 Å². The Morgan fingerprint density at radius 1 is 1.38 bits per heavy atom. The van der Waals surface area contributed by atoms with Crippen molar-refractivity contribution in [3.05, 3.63) is 58.5 Å². The van der Waals surface area contributed by atoms with E-state index in [0.717, 1.165) is 36.4 Å². The monoisotopic (exact) mass is 469 g/mol. The second-order valence-electron chi connectivity index (χ2n) is 7.68. The number of carbonyl (C=O) groups is 1. The fourth-order valence-corrected chi connectivity index (χ4v) is 4.74. The number of thioether (sulfide) groups is 1. The number of aromatic nitrogens is 3. The second kappa shape index (κ2) is 9.82. The molecule has 1 saturated heterocycles. The molecule has 1 atom stereocenters. The van der Waals surface area contributed by atoms with Gasteiger partial charge in [0.15, 0.2) is 5.16 Å². The lowest BCUT2D eigenvalue weighted by Crippen LogP contribution is -2.22. The van der Waals surface area contributed by atoms with Gasteiger partial charge in [-0.05, 0) is 56.5 Å². The maximum absolute atomic E-state index is 12.8. The normalized spacial score (nSPS) is 15.6. The van der Waals surface area contributed by atoms with Gasteiger partial charge in [0, 0.05) is 35.4 Å². The van der Waals surface area contributed by atoms with Gasteiger partial charge in [-0.1, -0.05) is 23.4 Å². The Balaban J connectivity index is 1.48. The maximum Gasteiger partial charge on any atom is 0.235 e. The molecule has 1 unspecified atom stereocenters. The van der Waals surface area contributed by atoms with E-state index < -0.39 is 0 Å². The average molecular weight is 470 g/mol. The summed E-state index contributed by atoms with van der Waals surface area (Å²) in [4.78, 5) is 17.2. The molecule has 1 N–H and O–H groups in total. The SMILES string of the molecule is Cc1c(C#N)c(NC(=O)CSc2nccn2-c2ccc(Cl)cc2)n(CC2CCCO2)c1C. The van der Waals surface area contributed by atoms with Crippen LogP contribution in [-0.4, -0.2) is 38.5 Å². The number of nitrogens with zero attached hydrogens (tertiary/aromatic N) is 4. The number of anilines is 1. The van der Waals surface area contributed by atoms with Crippen LogP contribution in [0.4, 0.5) is 5.82 Å². The van der Waals surface area contributed by atoms with Crippen LogP contribution in [0.3, 0.4) is 0 Å². The van der Waals surface area contributed by atoms with E-state index in [1.165, 1.54) is 11.8 Å². The van der Waals surface area contributed by atoms with Crippen molar-refractivity contribution in [1.82, 2.24) is 14.1 Å². The second-order valence-corrected chi connectivity index (χ2v) is 9.06. The molecular formula is C23H24ClN5O2S. The highest BCUT2D eigenvalue weighted by Crippen LogP contribution is 2.29. The Morgan fingerprint density at radius 2 is 2.16 bits per heavy atom. The topological polar surface area (TPSA) is 84.9 Å². The average Bonchev–Trinajstić information content (AvgIpc) is 3.51. The van der Waals surface area contributed by atoms with Gasteiger partial charge in [-0.3, -0.25) is 9.36 Å². The van der Waals surface area contributed by atoms with Gasteiger partial charge in [-0.2, -0.15) is 5.26 Å². The van der Waals surface area contributed by atoms with Crippen molar-refractivity contribution in [2.75, 3.05) is 17.7 Å². The Hall–Kier alpha value is -2.73. The largest absolute Gasteiger partial charge is 0.376 e. The van der Waals surface area contributed by atoms with Gasteiger partial charge in [-0.15, -0.1) is 0 Å². The summed E-state index contributed by atoms with van der Waals surface area (Å²) < 4.78 is 9.68. The van der Waals surface area contributed by atoms with E-state index in [1.807, 2.05) is 53.4 Å². The molecule has 2 aromatic heterocycles. The van der Waals surface area contributed by atoms with Crippen molar-refractivity contribution >= 4 is 35.1 Å². The molecular weight excluding hydrogens is 446 g/mol. The Labute approximate surface area is 196 Å². The highest BCUT2D eigenvalue weighted by atomic mass is 35.5. The fourth-order valence-electron chi connectivity index (χ4n) is 3.84. The third-order valence-corrected chi connectivity index (χ3v) is 6.87. The molecule has 166 valence electrons. The zero-order valence-corrected chi connectivity index (χ0v) is 19.5. The summed E-state index contributed by atoms with van der Waals surface area (Å²) in [5.74, 6) is 0.520. The third kappa shape index (κ3) is 4.70. The molecule has 1 aromatic carbocycles. The number of hydrogen-bond donors (Lipinski definition) is 1. The lowest BCUT2D eigenvalue weighted by Gasteiger charge is -2.17. The van der Waals surface area contributed by atoms with Crippen LogP contribution < -0.4 is 5.32 Å². The first-order chi connectivity index (χ1) is 15.5. The minimum atomic E-state index is -0.191. The van der Waals surface area contributed by atoms with E-state index in [9.17, 15) is 10.1 Å². The van der Waals surface area contributed by atoms with Crippen LogP contribution in [0.5, 0.6) is 0 Å². The van der Waals surface area contributed by atoms with Gasteiger partial charge >= 0.3 is 0 Å². The number of ether oxygens (including phenoxy) is 1. The molecule has 1 fully saturated rings. The summed E-state index contributed by atoms with van der Waals surface area (Å²) in [6, 6.07) is 9.68. The molecule has 1 amide bonds. The number of nitrogens with one attached hydrogen (secondary N) is 1.